The summed E-state index contributed by atoms with van der Waals surface area (Å²) in [7, 11) is 0. The average Bonchev–Trinajstić information content (AvgIpc) is 3.11. The van der Waals surface area contributed by atoms with Crippen LogP contribution >= 0.6 is 11.3 Å². The van der Waals surface area contributed by atoms with Crippen LogP contribution in [0.3, 0.4) is 0 Å². The van der Waals surface area contributed by atoms with E-state index in [1.165, 1.54) is 18.4 Å². The first-order chi connectivity index (χ1) is 12.1. The number of carbonyl (C=O) groups excluding carboxylic acids is 1. The molecule has 1 aromatic carbocycles. The SMILES string of the molecule is CC(C)c1nc(CNC(=O)c2ccc(C[C@@H]3CCCNC3)cc2)cs1. The smallest absolute Gasteiger partial charge is 0.251 e. The van der Waals surface area contributed by atoms with Crippen LogP contribution in [0.25, 0.3) is 0 Å². The first kappa shape index (κ1) is 18.1. The van der Waals surface area contributed by atoms with Crippen LogP contribution in [0.2, 0.25) is 0 Å². The van der Waals surface area contributed by atoms with Gasteiger partial charge in [-0.05, 0) is 56.0 Å². The zero-order chi connectivity index (χ0) is 17.6. The molecule has 0 aliphatic carbocycles. The zero-order valence-electron chi connectivity index (χ0n) is 15.0. The summed E-state index contributed by atoms with van der Waals surface area (Å²) in [6, 6.07) is 8.04. The van der Waals surface area contributed by atoms with Gasteiger partial charge in [-0.25, -0.2) is 4.98 Å². The topological polar surface area (TPSA) is 54.0 Å². The van der Waals surface area contributed by atoms with Crippen LogP contribution in [0, 0.1) is 5.92 Å². The third kappa shape index (κ3) is 5.13. The second-order valence-electron chi connectivity index (χ2n) is 7.13. The highest BCUT2D eigenvalue weighted by Crippen LogP contribution is 2.19. The van der Waals surface area contributed by atoms with Gasteiger partial charge in [-0.3, -0.25) is 4.79 Å². The fraction of sp³-hybridized carbons (Fsp3) is 0.500. The van der Waals surface area contributed by atoms with E-state index in [-0.39, 0.29) is 5.91 Å². The Morgan fingerprint density at radius 3 is 2.80 bits per heavy atom. The molecule has 25 heavy (non-hydrogen) atoms. The van der Waals surface area contributed by atoms with Crippen molar-refractivity contribution in [1.29, 1.82) is 0 Å². The van der Waals surface area contributed by atoms with Crippen LogP contribution < -0.4 is 10.6 Å². The summed E-state index contributed by atoms with van der Waals surface area (Å²) in [6.07, 6.45) is 3.65. The number of rotatable bonds is 6. The number of nitrogens with one attached hydrogen (secondary N) is 2. The molecule has 1 aliphatic rings. The molecule has 2 N–H and O–H groups in total. The second-order valence-corrected chi connectivity index (χ2v) is 8.02. The van der Waals surface area contributed by atoms with Gasteiger partial charge in [-0.1, -0.05) is 26.0 Å². The van der Waals surface area contributed by atoms with Gasteiger partial charge >= 0.3 is 0 Å². The van der Waals surface area contributed by atoms with Crippen LogP contribution in [0.1, 0.15) is 59.2 Å². The molecule has 1 saturated heterocycles. The summed E-state index contributed by atoms with van der Waals surface area (Å²) >= 11 is 1.66. The lowest BCUT2D eigenvalue weighted by Crippen LogP contribution is -2.30. The van der Waals surface area contributed by atoms with E-state index < -0.39 is 0 Å². The Labute approximate surface area is 154 Å². The molecule has 2 heterocycles. The van der Waals surface area contributed by atoms with Crippen molar-refractivity contribution < 1.29 is 4.79 Å². The maximum absolute atomic E-state index is 12.3. The molecular formula is C20H27N3OS. The number of hydrogen-bond donors (Lipinski definition) is 2. The number of benzene rings is 1. The second kappa shape index (κ2) is 8.59. The summed E-state index contributed by atoms with van der Waals surface area (Å²) in [5.41, 5.74) is 2.96. The van der Waals surface area contributed by atoms with E-state index in [9.17, 15) is 4.79 Å². The number of hydrogen-bond acceptors (Lipinski definition) is 4. The summed E-state index contributed by atoms with van der Waals surface area (Å²) in [4.78, 5) is 16.9. The summed E-state index contributed by atoms with van der Waals surface area (Å²) in [6.45, 7) is 7.00. The standard InChI is InChI=1S/C20H27N3OS/c1-14(2)20-23-18(13-25-20)12-22-19(24)17-7-5-15(6-8-17)10-16-4-3-9-21-11-16/h5-8,13-14,16,21H,3-4,9-12H2,1-2H3,(H,22,24)/t16-/m0/s1. The lowest BCUT2D eigenvalue weighted by atomic mass is 9.92. The molecule has 2 aromatic rings. The predicted molar refractivity (Wildman–Crippen MR) is 103 cm³/mol. The molecule has 0 bridgehead atoms. The van der Waals surface area contributed by atoms with Gasteiger partial charge in [0.1, 0.15) is 0 Å². The fourth-order valence-corrected chi connectivity index (χ4v) is 4.00. The highest BCUT2D eigenvalue weighted by Gasteiger charge is 2.14. The van der Waals surface area contributed by atoms with Gasteiger partial charge in [0, 0.05) is 16.9 Å². The number of amides is 1. The van der Waals surface area contributed by atoms with Crippen molar-refractivity contribution in [2.45, 2.75) is 45.6 Å². The molecule has 1 fully saturated rings. The average molecular weight is 358 g/mol. The van der Waals surface area contributed by atoms with Gasteiger partial charge in [0.05, 0.1) is 17.2 Å². The number of nitrogens with zero attached hydrogens (tertiary/aromatic N) is 1. The molecule has 1 aromatic heterocycles. The minimum absolute atomic E-state index is 0.0371. The van der Waals surface area contributed by atoms with Crippen LogP contribution in [0.5, 0.6) is 0 Å². The van der Waals surface area contributed by atoms with Gasteiger partial charge in [0.2, 0.25) is 0 Å². The van der Waals surface area contributed by atoms with E-state index in [2.05, 4.69) is 41.6 Å². The number of thiazole rings is 1. The number of carbonyl (C=O) groups is 1. The molecule has 3 rings (SSSR count). The molecule has 0 saturated carbocycles. The van der Waals surface area contributed by atoms with E-state index in [4.69, 9.17) is 0 Å². The minimum atomic E-state index is -0.0371. The molecule has 5 heteroatoms. The van der Waals surface area contributed by atoms with E-state index in [1.807, 2.05) is 17.5 Å². The van der Waals surface area contributed by atoms with Gasteiger partial charge in [0.25, 0.3) is 5.91 Å². The van der Waals surface area contributed by atoms with Crippen LogP contribution in [-0.2, 0) is 13.0 Å². The lowest BCUT2D eigenvalue weighted by molar-refractivity contribution is 0.0950. The van der Waals surface area contributed by atoms with Crippen LogP contribution in [0.15, 0.2) is 29.6 Å². The molecule has 4 nitrogen and oxygen atoms in total. The van der Waals surface area contributed by atoms with Gasteiger partial charge in [-0.15, -0.1) is 11.3 Å². The van der Waals surface area contributed by atoms with Gasteiger partial charge in [0.15, 0.2) is 0 Å². The van der Waals surface area contributed by atoms with Crippen LogP contribution in [-0.4, -0.2) is 24.0 Å². The van der Waals surface area contributed by atoms with Crippen molar-refractivity contribution >= 4 is 17.2 Å². The van der Waals surface area contributed by atoms with E-state index in [0.717, 1.165) is 30.2 Å². The Hall–Kier alpha value is -1.72. The van der Waals surface area contributed by atoms with Crippen molar-refractivity contribution in [3.63, 3.8) is 0 Å². The summed E-state index contributed by atoms with van der Waals surface area (Å²) in [5, 5.41) is 9.56. The molecule has 0 unspecified atom stereocenters. The molecule has 0 radical (unpaired) electrons. The van der Waals surface area contributed by atoms with Gasteiger partial charge in [-0.2, -0.15) is 0 Å². The molecular weight excluding hydrogens is 330 g/mol. The fourth-order valence-electron chi connectivity index (χ4n) is 3.17. The first-order valence-corrected chi connectivity index (χ1v) is 10.0. The predicted octanol–water partition coefficient (Wildman–Crippen LogP) is 3.74. The Kier molecular flexibility index (Phi) is 6.21. The maximum Gasteiger partial charge on any atom is 0.251 e. The summed E-state index contributed by atoms with van der Waals surface area (Å²) in [5.74, 6) is 1.11. The monoisotopic (exact) mass is 357 g/mol. The Bertz CT molecular complexity index is 687. The van der Waals surface area contributed by atoms with Crippen molar-refractivity contribution in [3.8, 4) is 0 Å². The normalized spacial score (nSPS) is 17.6. The molecule has 1 atom stereocenters. The summed E-state index contributed by atoms with van der Waals surface area (Å²) < 4.78 is 0. The van der Waals surface area contributed by atoms with E-state index in [1.54, 1.807) is 11.3 Å². The van der Waals surface area contributed by atoms with Crippen molar-refractivity contribution in [2.75, 3.05) is 13.1 Å². The molecule has 134 valence electrons. The van der Waals surface area contributed by atoms with Gasteiger partial charge < -0.3 is 10.6 Å². The van der Waals surface area contributed by atoms with Crippen molar-refractivity contribution in [3.05, 3.63) is 51.5 Å². The van der Waals surface area contributed by atoms with E-state index >= 15 is 0 Å². The van der Waals surface area contributed by atoms with E-state index in [0.29, 0.717) is 23.9 Å². The maximum atomic E-state index is 12.3. The Morgan fingerprint density at radius 2 is 2.16 bits per heavy atom. The quantitative estimate of drug-likeness (QED) is 0.828. The molecule has 1 aliphatic heterocycles. The Balaban J connectivity index is 1.51. The highest BCUT2D eigenvalue weighted by atomic mass is 32.1. The minimum Gasteiger partial charge on any atom is -0.346 e. The third-order valence-electron chi connectivity index (χ3n) is 4.63. The van der Waals surface area contributed by atoms with Crippen molar-refractivity contribution in [1.82, 2.24) is 15.6 Å². The Morgan fingerprint density at radius 1 is 1.36 bits per heavy atom. The zero-order valence-corrected chi connectivity index (χ0v) is 15.9. The molecule has 1 amide bonds. The largest absolute Gasteiger partial charge is 0.346 e. The van der Waals surface area contributed by atoms with Crippen LogP contribution in [0.4, 0.5) is 0 Å². The third-order valence-corrected chi connectivity index (χ3v) is 5.83. The van der Waals surface area contributed by atoms with Crippen molar-refractivity contribution in [2.24, 2.45) is 5.92 Å². The molecule has 0 spiro atoms. The number of piperidine rings is 1. The number of aromatic nitrogens is 1. The first-order valence-electron chi connectivity index (χ1n) is 9.14. The highest BCUT2D eigenvalue weighted by molar-refractivity contribution is 7.09. The lowest BCUT2D eigenvalue weighted by Gasteiger charge is -2.22.